The first-order chi connectivity index (χ1) is 15.0. The van der Waals surface area contributed by atoms with Crippen LogP contribution in [0.15, 0.2) is 23.0 Å². The first kappa shape index (κ1) is 20.9. The number of benzene rings is 1. The summed E-state index contributed by atoms with van der Waals surface area (Å²) in [5.41, 5.74) is 1.73. The van der Waals surface area contributed by atoms with Crippen molar-refractivity contribution in [2.45, 2.75) is 51.1 Å². The van der Waals surface area contributed by atoms with E-state index in [-0.39, 0.29) is 17.5 Å². The topological polar surface area (TPSA) is 78.1 Å². The Balaban J connectivity index is 1.36. The van der Waals surface area contributed by atoms with E-state index in [9.17, 15) is 9.59 Å². The van der Waals surface area contributed by atoms with Gasteiger partial charge < -0.3 is 10.3 Å². The number of likely N-dealkylation sites (tertiary alicyclic amines) is 1. The van der Waals surface area contributed by atoms with E-state index in [0.717, 1.165) is 55.3 Å². The third-order valence-corrected chi connectivity index (χ3v) is 8.01. The monoisotopic (exact) mass is 476 g/mol. The molecule has 2 N–H and O–H groups in total. The quantitative estimate of drug-likeness (QED) is 0.568. The van der Waals surface area contributed by atoms with E-state index in [4.69, 9.17) is 28.2 Å². The van der Waals surface area contributed by atoms with E-state index in [2.05, 4.69) is 15.2 Å². The van der Waals surface area contributed by atoms with Crippen molar-refractivity contribution in [1.82, 2.24) is 14.9 Å². The summed E-state index contributed by atoms with van der Waals surface area (Å²) in [4.78, 5) is 37.7. The molecule has 0 radical (unpaired) electrons. The molecule has 31 heavy (non-hydrogen) atoms. The third-order valence-electron chi connectivity index (χ3n) is 6.08. The van der Waals surface area contributed by atoms with Crippen molar-refractivity contribution < 1.29 is 4.79 Å². The van der Waals surface area contributed by atoms with E-state index in [1.54, 1.807) is 29.5 Å². The van der Waals surface area contributed by atoms with Gasteiger partial charge in [0.25, 0.3) is 5.56 Å². The average molecular weight is 477 g/mol. The molecular weight excluding hydrogens is 455 g/mol. The Hall–Kier alpha value is -1.93. The molecule has 1 aliphatic heterocycles. The van der Waals surface area contributed by atoms with Crippen LogP contribution in [0.3, 0.4) is 0 Å². The van der Waals surface area contributed by atoms with Crippen LogP contribution in [0.1, 0.15) is 41.9 Å². The highest BCUT2D eigenvalue weighted by molar-refractivity contribution is 7.18. The second kappa shape index (κ2) is 8.54. The van der Waals surface area contributed by atoms with Crippen molar-refractivity contribution in [2.24, 2.45) is 0 Å². The van der Waals surface area contributed by atoms with Gasteiger partial charge in [-0.05, 0) is 62.4 Å². The molecule has 0 spiro atoms. The summed E-state index contributed by atoms with van der Waals surface area (Å²) < 4.78 is 0. The molecule has 3 aromatic rings. The van der Waals surface area contributed by atoms with Crippen LogP contribution in [0, 0.1) is 0 Å². The van der Waals surface area contributed by atoms with E-state index < -0.39 is 0 Å². The number of carbonyl (C=O) groups is 1. The maximum absolute atomic E-state index is 13.0. The maximum atomic E-state index is 13.0. The van der Waals surface area contributed by atoms with Crippen molar-refractivity contribution in [3.05, 3.63) is 54.9 Å². The highest BCUT2D eigenvalue weighted by Gasteiger charge is 2.30. The summed E-state index contributed by atoms with van der Waals surface area (Å²) in [5.74, 6) is 0.531. The standard InChI is InChI=1S/C22H22Cl2N4O2S/c23-14-8-7-12(10-15(14)24)25-20(29)16-5-1-2-9-28(16)11-18-26-21(30)19-13-4-3-6-17(13)31-22(19)27-18/h7-8,10,16H,1-6,9,11H2,(H,25,29)(H,26,27,30)/t16-/m0/s1. The van der Waals surface area contributed by atoms with Gasteiger partial charge in [0.05, 0.1) is 28.0 Å². The first-order valence-electron chi connectivity index (χ1n) is 10.5. The summed E-state index contributed by atoms with van der Waals surface area (Å²) >= 11 is 13.7. The number of thiophene rings is 1. The number of piperidine rings is 1. The number of aryl methyl sites for hydroxylation is 2. The van der Waals surface area contributed by atoms with Gasteiger partial charge in [-0.25, -0.2) is 4.98 Å². The van der Waals surface area contributed by atoms with Gasteiger partial charge in [0.1, 0.15) is 10.7 Å². The summed E-state index contributed by atoms with van der Waals surface area (Å²) in [5, 5.41) is 4.56. The fourth-order valence-corrected chi connectivity index (χ4v) is 6.17. The van der Waals surface area contributed by atoms with Crippen LogP contribution in [0.2, 0.25) is 10.0 Å². The Bertz CT molecular complexity index is 1220. The molecule has 2 aromatic heterocycles. The summed E-state index contributed by atoms with van der Waals surface area (Å²) in [6.45, 7) is 1.22. The van der Waals surface area contributed by atoms with Crippen LogP contribution >= 0.6 is 34.5 Å². The smallest absolute Gasteiger partial charge is 0.259 e. The SMILES string of the molecule is O=C(Nc1ccc(Cl)c(Cl)c1)[C@@H]1CCCCN1Cc1nc2sc3c(c2c(=O)[nH]1)CCC3. The fraction of sp³-hybridized carbons (Fsp3) is 0.409. The molecule has 1 aromatic carbocycles. The van der Waals surface area contributed by atoms with Crippen LogP contribution < -0.4 is 10.9 Å². The zero-order valence-corrected chi connectivity index (χ0v) is 19.2. The number of rotatable bonds is 4. The fourth-order valence-electron chi connectivity index (χ4n) is 4.59. The van der Waals surface area contributed by atoms with Crippen LogP contribution in [0.5, 0.6) is 0 Å². The maximum Gasteiger partial charge on any atom is 0.259 e. The lowest BCUT2D eigenvalue weighted by Crippen LogP contribution is -2.47. The molecule has 3 heterocycles. The van der Waals surface area contributed by atoms with Gasteiger partial charge in [-0.2, -0.15) is 0 Å². The molecule has 162 valence electrons. The molecule has 2 aliphatic rings. The zero-order valence-electron chi connectivity index (χ0n) is 16.8. The molecular formula is C22H22Cl2N4O2S. The van der Waals surface area contributed by atoms with Crippen LogP contribution in [0.25, 0.3) is 10.2 Å². The van der Waals surface area contributed by atoms with E-state index in [0.29, 0.717) is 28.1 Å². The Morgan fingerprint density at radius 3 is 2.94 bits per heavy atom. The van der Waals surface area contributed by atoms with Crippen molar-refractivity contribution in [3.8, 4) is 0 Å². The van der Waals surface area contributed by atoms with Crippen LogP contribution in [-0.2, 0) is 24.2 Å². The molecule has 1 saturated heterocycles. The van der Waals surface area contributed by atoms with Crippen molar-refractivity contribution in [3.63, 3.8) is 0 Å². The molecule has 1 amide bonds. The Morgan fingerprint density at radius 1 is 1.23 bits per heavy atom. The van der Waals surface area contributed by atoms with Crippen molar-refractivity contribution >= 4 is 56.3 Å². The molecule has 1 aliphatic carbocycles. The molecule has 0 bridgehead atoms. The number of halogens is 2. The highest BCUT2D eigenvalue weighted by atomic mass is 35.5. The van der Waals surface area contributed by atoms with Gasteiger partial charge in [-0.15, -0.1) is 11.3 Å². The molecule has 0 unspecified atom stereocenters. The zero-order chi connectivity index (χ0) is 21.5. The third kappa shape index (κ3) is 4.12. The number of aromatic nitrogens is 2. The van der Waals surface area contributed by atoms with E-state index in [1.165, 1.54) is 10.4 Å². The predicted molar refractivity (Wildman–Crippen MR) is 125 cm³/mol. The molecule has 0 saturated carbocycles. The Labute approximate surface area is 193 Å². The van der Waals surface area contributed by atoms with Gasteiger partial charge in [-0.3, -0.25) is 14.5 Å². The minimum atomic E-state index is -0.294. The number of fused-ring (bicyclic) bond motifs is 3. The van der Waals surface area contributed by atoms with Crippen LogP contribution in [-0.4, -0.2) is 33.4 Å². The average Bonchev–Trinajstić information content (AvgIpc) is 3.32. The van der Waals surface area contributed by atoms with Gasteiger partial charge in [-0.1, -0.05) is 29.6 Å². The van der Waals surface area contributed by atoms with Crippen molar-refractivity contribution in [2.75, 3.05) is 11.9 Å². The molecule has 1 atom stereocenters. The molecule has 6 nitrogen and oxygen atoms in total. The van der Waals surface area contributed by atoms with Gasteiger partial charge in [0, 0.05) is 10.6 Å². The number of hydrogen-bond acceptors (Lipinski definition) is 5. The molecule has 5 rings (SSSR count). The van der Waals surface area contributed by atoms with Crippen LogP contribution in [0.4, 0.5) is 5.69 Å². The summed E-state index contributed by atoms with van der Waals surface area (Å²) in [6, 6.07) is 4.76. The number of H-pyrrole nitrogens is 1. The Kier molecular flexibility index (Phi) is 5.77. The lowest BCUT2D eigenvalue weighted by Gasteiger charge is -2.34. The lowest BCUT2D eigenvalue weighted by molar-refractivity contribution is -0.122. The second-order valence-corrected chi connectivity index (χ2v) is 10.0. The lowest BCUT2D eigenvalue weighted by atomic mass is 10.0. The largest absolute Gasteiger partial charge is 0.325 e. The minimum absolute atomic E-state index is 0.0618. The second-order valence-electron chi connectivity index (χ2n) is 8.15. The number of nitrogens with one attached hydrogen (secondary N) is 2. The Morgan fingerprint density at radius 2 is 2.10 bits per heavy atom. The number of hydrogen-bond donors (Lipinski definition) is 2. The van der Waals surface area contributed by atoms with E-state index >= 15 is 0 Å². The molecule has 9 heteroatoms. The number of aromatic amines is 1. The minimum Gasteiger partial charge on any atom is -0.325 e. The number of nitrogens with zero attached hydrogens (tertiary/aromatic N) is 2. The van der Waals surface area contributed by atoms with Gasteiger partial charge >= 0.3 is 0 Å². The predicted octanol–water partition coefficient (Wildman–Crippen LogP) is 4.77. The summed E-state index contributed by atoms with van der Waals surface area (Å²) in [6.07, 6.45) is 5.86. The van der Waals surface area contributed by atoms with Gasteiger partial charge in [0.15, 0.2) is 0 Å². The summed E-state index contributed by atoms with van der Waals surface area (Å²) in [7, 11) is 0. The number of amides is 1. The normalized spacial score (nSPS) is 19.0. The number of carbonyl (C=O) groups excluding carboxylic acids is 1. The highest BCUT2D eigenvalue weighted by Crippen LogP contribution is 2.34. The first-order valence-corrected chi connectivity index (χ1v) is 12.1. The van der Waals surface area contributed by atoms with Gasteiger partial charge in [0.2, 0.25) is 5.91 Å². The molecule has 1 fully saturated rings. The number of anilines is 1. The van der Waals surface area contributed by atoms with E-state index in [1.807, 2.05) is 0 Å². The van der Waals surface area contributed by atoms with Crippen molar-refractivity contribution in [1.29, 1.82) is 0 Å².